The number of rotatable bonds is 4. The van der Waals surface area contributed by atoms with Gasteiger partial charge < -0.3 is 4.52 Å². The van der Waals surface area contributed by atoms with E-state index in [2.05, 4.69) is 51.1 Å². The van der Waals surface area contributed by atoms with Crippen LogP contribution in [0.25, 0.3) is 22.2 Å². The van der Waals surface area contributed by atoms with E-state index in [0.717, 1.165) is 28.6 Å². The topological polar surface area (TPSA) is 49.8 Å². The molecule has 3 rings (SSSR count). The number of nitriles is 1. The third kappa shape index (κ3) is 5.19. The van der Waals surface area contributed by atoms with Gasteiger partial charge in [0.2, 0.25) is 0 Å². The van der Waals surface area contributed by atoms with E-state index >= 15 is 0 Å². The van der Waals surface area contributed by atoms with Gasteiger partial charge in [0.05, 0.1) is 6.07 Å². The number of nitrogens with zero attached hydrogens (tertiary/aromatic N) is 2. The smallest absolute Gasteiger partial charge is 0.174 e. The van der Waals surface area contributed by atoms with E-state index in [-0.39, 0.29) is 0 Å². The number of aromatic nitrogens is 1. The lowest BCUT2D eigenvalue weighted by atomic mass is 10.00. The van der Waals surface area contributed by atoms with Crippen molar-refractivity contribution in [3.8, 4) is 17.4 Å². The molecule has 2 aromatic carbocycles. The number of fused-ring (bicyclic) bond motifs is 1. The zero-order valence-electron chi connectivity index (χ0n) is 15.5. The molecule has 0 saturated carbocycles. The molecule has 0 aliphatic carbocycles. The molecule has 0 unspecified atom stereocenters. The van der Waals surface area contributed by atoms with Crippen LogP contribution in [0.15, 0.2) is 53.1 Å². The highest BCUT2D eigenvalue weighted by molar-refractivity contribution is 5.92. The Morgan fingerprint density at radius 1 is 1.04 bits per heavy atom. The van der Waals surface area contributed by atoms with Crippen LogP contribution in [0.5, 0.6) is 0 Å². The summed E-state index contributed by atoms with van der Waals surface area (Å²) in [6, 6.07) is 18.5. The van der Waals surface area contributed by atoms with Gasteiger partial charge in [-0.05, 0) is 36.0 Å². The van der Waals surface area contributed by atoms with Crippen molar-refractivity contribution in [3.05, 3.63) is 54.1 Å². The maximum atomic E-state index is 8.07. The molecule has 0 bridgehead atoms. The zero-order chi connectivity index (χ0) is 18.2. The van der Waals surface area contributed by atoms with E-state index in [1.165, 1.54) is 5.56 Å². The van der Waals surface area contributed by atoms with Crippen LogP contribution in [-0.2, 0) is 0 Å². The Labute approximate surface area is 150 Å². The molecule has 3 aromatic rings. The summed E-state index contributed by atoms with van der Waals surface area (Å²) in [7, 11) is 0. The fraction of sp³-hybridized carbons (Fsp3) is 0.364. The first-order valence-corrected chi connectivity index (χ1v) is 8.84. The van der Waals surface area contributed by atoms with Crippen LogP contribution in [-0.4, -0.2) is 5.16 Å². The van der Waals surface area contributed by atoms with Gasteiger partial charge in [-0.25, -0.2) is 0 Å². The van der Waals surface area contributed by atoms with E-state index in [4.69, 9.17) is 9.78 Å². The molecule has 0 N–H and O–H groups in total. The fourth-order valence-electron chi connectivity index (χ4n) is 2.47. The normalized spacial score (nSPS) is 10.6. The molecular formula is C22H26N2O. The molecule has 0 spiro atoms. The van der Waals surface area contributed by atoms with E-state index in [1.807, 2.05) is 36.4 Å². The maximum Gasteiger partial charge on any atom is 0.174 e. The van der Waals surface area contributed by atoms with Gasteiger partial charge in [-0.1, -0.05) is 69.2 Å². The molecule has 3 heteroatoms. The summed E-state index contributed by atoms with van der Waals surface area (Å²) >= 11 is 0. The van der Waals surface area contributed by atoms with Gasteiger partial charge >= 0.3 is 0 Å². The maximum absolute atomic E-state index is 8.07. The van der Waals surface area contributed by atoms with E-state index < -0.39 is 0 Å². The van der Waals surface area contributed by atoms with Gasteiger partial charge in [-0.3, -0.25) is 0 Å². The quantitative estimate of drug-likeness (QED) is 0.542. The van der Waals surface area contributed by atoms with Crippen molar-refractivity contribution in [2.24, 2.45) is 5.92 Å². The van der Waals surface area contributed by atoms with Crippen molar-refractivity contribution in [2.45, 2.75) is 46.5 Å². The Kier molecular flexibility index (Phi) is 6.77. The summed E-state index contributed by atoms with van der Waals surface area (Å²) in [5.74, 6) is 2.04. The monoisotopic (exact) mass is 334 g/mol. The Morgan fingerprint density at radius 2 is 1.76 bits per heavy atom. The SMILES string of the molecule is CC(C)CCC#N.CC(C)c1ccc2noc(-c3ccccc3)c2c1. The second kappa shape index (κ2) is 9.03. The molecule has 0 saturated heterocycles. The van der Waals surface area contributed by atoms with Crippen molar-refractivity contribution in [2.75, 3.05) is 0 Å². The Balaban J connectivity index is 0.000000277. The van der Waals surface area contributed by atoms with E-state index in [9.17, 15) is 0 Å². The predicted octanol–water partition coefficient (Wildman–Crippen LogP) is 6.56. The fourth-order valence-corrected chi connectivity index (χ4v) is 2.47. The first kappa shape index (κ1) is 18.7. The van der Waals surface area contributed by atoms with Crippen molar-refractivity contribution in [3.63, 3.8) is 0 Å². The van der Waals surface area contributed by atoms with Crippen molar-refractivity contribution in [1.29, 1.82) is 5.26 Å². The van der Waals surface area contributed by atoms with Crippen molar-refractivity contribution in [1.82, 2.24) is 5.16 Å². The second-order valence-corrected chi connectivity index (χ2v) is 6.90. The van der Waals surface area contributed by atoms with Crippen molar-refractivity contribution >= 4 is 10.9 Å². The minimum absolute atomic E-state index is 0.507. The Hall–Kier alpha value is -2.60. The van der Waals surface area contributed by atoms with Gasteiger partial charge in [0, 0.05) is 17.4 Å². The van der Waals surface area contributed by atoms with E-state index in [0.29, 0.717) is 18.3 Å². The average molecular weight is 334 g/mol. The van der Waals surface area contributed by atoms with Crippen molar-refractivity contribution < 1.29 is 4.52 Å². The minimum Gasteiger partial charge on any atom is -0.355 e. The molecule has 0 fully saturated rings. The van der Waals surface area contributed by atoms with Gasteiger partial charge in [-0.15, -0.1) is 0 Å². The molecule has 1 aromatic heterocycles. The van der Waals surface area contributed by atoms with Gasteiger partial charge in [-0.2, -0.15) is 5.26 Å². The van der Waals surface area contributed by atoms with E-state index in [1.54, 1.807) is 0 Å². The molecule has 25 heavy (non-hydrogen) atoms. The first-order valence-electron chi connectivity index (χ1n) is 8.84. The second-order valence-electron chi connectivity index (χ2n) is 6.90. The Morgan fingerprint density at radius 3 is 2.32 bits per heavy atom. The number of hydrogen-bond acceptors (Lipinski definition) is 3. The lowest BCUT2D eigenvalue weighted by Crippen LogP contribution is -1.86. The summed E-state index contributed by atoms with van der Waals surface area (Å²) in [6.45, 7) is 8.63. The summed E-state index contributed by atoms with van der Waals surface area (Å²) in [5, 5.41) is 13.3. The van der Waals surface area contributed by atoms with Crippen LogP contribution in [0, 0.1) is 17.2 Å². The molecule has 0 aliphatic heterocycles. The third-order valence-electron chi connectivity index (χ3n) is 4.04. The lowest BCUT2D eigenvalue weighted by Gasteiger charge is -2.04. The molecular weight excluding hydrogens is 308 g/mol. The third-order valence-corrected chi connectivity index (χ3v) is 4.04. The summed E-state index contributed by atoms with van der Waals surface area (Å²) in [6.07, 6.45) is 1.74. The highest BCUT2D eigenvalue weighted by Crippen LogP contribution is 2.30. The van der Waals surface area contributed by atoms with Gasteiger partial charge in [0.15, 0.2) is 5.76 Å². The highest BCUT2D eigenvalue weighted by Gasteiger charge is 2.11. The minimum atomic E-state index is 0.507. The summed E-state index contributed by atoms with van der Waals surface area (Å²) in [4.78, 5) is 0. The standard InChI is InChI=1S/C16H15NO.C6H11N/c1-11(2)13-8-9-15-14(10-13)16(18-17-15)12-6-4-3-5-7-12;1-6(2)4-3-5-7/h3-11H,1-2H3;6H,3-4H2,1-2H3. The average Bonchev–Trinajstić information content (AvgIpc) is 3.04. The highest BCUT2D eigenvalue weighted by atomic mass is 16.5. The van der Waals surface area contributed by atoms with Crippen LogP contribution < -0.4 is 0 Å². The number of hydrogen-bond donors (Lipinski definition) is 0. The molecule has 1 heterocycles. The molecule has 130 valence electrons. The lowest BCUT2D eigenvalue weighted by molar-refractivity contribution is 0.441. The van der Waals surface area contributed by atoms with Gasteiger partial charge in [0.25, 0.3) is 0 Å². The van der Waals surface area contributed by atoms with Crippen LogP contribution in [0.4, 0.5) is 0 Å². The summed E-state index contributed by atoms with van der Waals surface area (Å²) in [5.41, 5.74) is 3.29. The van der Waals surface area contributed by atoms with Crippen LogP contribution in [0.1, 0.15) is 52.0 Å². The first-order chi connectivity index (χ1) is 12.0. The van der Waals surface area contributed by atoms with Crippen LogP contribution in [0.2, 0.25) is 0 Å². The molecule has 0 radical (unpaired) electrons. The molecule has 0 atom stereocenters. The summed E-state index contributed by atoms with van der Waals surface area (Å²) < 4.78 is 5.49. The molecule has 3 nitrogen and oxygen atoms in total. The van der Waals surface area contributed by atoms with Crippen LogP contribution in [0.3, 0.4) is 0 Å². The predicted molar refractivity (Wildman–Crippen MR) is 103 cm³/mol. The van der Waals surface area contributed by atoms with Gasteiger partial charge in [0.1, 0.15) is 5.52 Å². The molecule has 0 amide bonds. The zero-order valence-corrected chi connectivity index (χ0v) is 15.5. The number of benzene rings is 2. The molecule has 0 aliphatic rings. The van der Waals surface area contributed by atoms with Crippen LogP contribution >= 0.6 is 0 Å². The Bertz CT molecular complexity index is 826. The largest absolute Gasteiger partial charge is 0.355 e.